The van der Waals surface area contributed by atoms with E-state index in [1.54, 1.807) is 0 Å². The van der Waals surface area contributed by atoms with Gasteiger partial charge in [-0.05, 0) is 0 Å². The van der Waals surface area contributed by atoms with Crippen LogP contribution in [0.2, 0.25) is 10.4 Å². The van der Waals surface area contributed by atoms with Crippen molar-refractivity contribution in [3.05, 3.63) is 60.7 Å². The Morgan fingerprint density at radius 3 is 1.39 bits per heavy atom. The van der Waals surface area contributed by atoms with Crippen LogP contribution in [-0.4, -0.2) is 30.0 Å². The first-order valence-electron chi connectivity index (χ1n) is 8.68. The molecule has 3 heteroatoms. The molecule has 0 aliphatic rings. The van der Waals surface area contributed by atoms with E-state index in [0.29, 0.717) is 0 Å². The SMILES string of the molecule is CCCC[As](O[As](CCCC)c1ccccc1)c1ccccc1. The van der Waals surface area contributed by atoms with Crippen molar-refractivity contribution in [3.63, 3.8) is 0 Å². The van der Waals surface area contributed by atoms with Crippen molar-refractivity contribution >= 4 is 38.7 Å². The van der Waals surface area contributed by atoms with E-state index in [9.17, 15) is 0 Å². The molecule has 0 amide bonds. The fourth-order valence-electron chi connectivity index (χ4n) is 2.35. The van der Waals surface area contributed by atoms with Gasteiger partial charge < -0.3 is 0 Å². The van der Waals surface area contributed by atoms with Gasteiger partial charge in [0.1, 0.15) is 0 Å². The summed E-state index contributed by atoms with van der Waals surface area (Å²) in [7, 11) is 0. The molecule has 0 aliphatic carbocycles. The molecule has 0 N–H and O–H groups in total. The minimum absolute atomic E-state index is 1.26. The van der Waals surface area contributed by atoms with Crippen LogP contribution in [0.15, 0.2) is 60.7 Å². The summed E-state index contributed by atoms with van der Waals surface area (Å²) < 4.78 is 9.89. The van der Waals surface area contributed by atoms with Crippen molar-refractivity contribution in [3.8, 4) is 0 Å². The molecule has 0 radical (unpaired) electrons. The molecule has 2 aromatic carbocycles. The molecule has 0 bridgehead atoms. The van der Waals surface area contributed by atoms with Gasteiger partial charge in [0.05, 0.1) is 0 Å². The predicted octanol–water partition coefficient (Wildman–Crippen LogP) is 4.40. The number of rotatable bonds is 10. The normalized spacial score (nSPS) is 13.7. The molecular formula is C20H28As2O. The second kappa shape index (κ2) is 11.1. The maximum absolute atomic E-state index is 6.92. The molecule has 0 saturated carbocycles. The molecule has 0 spiro atoms. The molecule has 0 fully saturated rings. The second-order valence-corrected chi connectivity index (χ2v) is 15.0. The zero-order chi connectivity index (χ0) is 16.3. The van der Waals surface area contributed by atoms with Gasteiger partial charge in [0, 0.05) is 0 Å². The fraction of sp³-hybridized carbons (Fsp3) is 0.400. The molecule has 2 rings (SSSR count). The van der Waals surface area contributed by atoms with E-state index in [1.807, 2.05) is 0 Å². The van der Waals surface area contributed by atoms with Gasteiger partial charge in [-0.15, -0.1) is 0 Å². The van der Waals surface area contributed by atoms with Crippen LogP contribution in [0.25, 0.3) is 0 Å². The van der Waals surface area contributed by atoms with Crippen molar-refractivity contribution in [1.29, 1.82) is 0 Å². The summed E-state index contributed by atoms with van der Waals surface area (Å²) in [6.07, 6.45) is 5.10. The van der Waals surface area contributed by atoms with Gasteiger partial charge in [0.2, 0.25) is 0 Å². The quantitative estimate of drug-likeness (QED) is 0.504. The van der Waals surface area contributed by atoms with Gasteiger partial charge in [0.15, 0.2) is 0 Å². The summed E-state index contributed by atoms with van der Waals surface area (Å²) in [5, 5.41) is 2.55. The third kappa shape index (κ3) is 6.50. The van der Waals surface area contributed by atoms with Crippen LogP contribution >= 0.6 is 0 Å². The first-order valence-corrected chi connectivity index (χ1v) is 14.7. The van der Waals surface area contributed by atoms with Gasteiger partial charge in [-0.3, -0.25) is 0 Å². The minimum atomic E-state index is -1.39. The summed E-state index contributed by atoms with van der Waals surface area (Å²) in [5.74, 6) is 0. The number of hydrogen-bond acceptors (Lipinski definition) is 1. The molecule has 1 nitrogen and oxygen atoms in total. The van der Waals surface area contributed by atoms with E-state index in [0.717, 1.165) is 0 Å². The Morgan fingerprint density at radius 1 is 0.652 bits per heavy atom. The predicted molar refractivity (Wildman–Crippen MR) is 104 cm³/mol. The van der Waals surface area contributed by atoms with E-state index in [1.165, 1.54) is 44.8 Å². The molecule has 0 heterocycles. The van der Waals surface area contributed by atoms with Crippen LogP contribution in [-0.2, 0) is 2.72 Å². The Hall–Kier alpha value is -0.483. The first kappa shape index (κ1) is 18.8. The standard InChI is InChI=1S/C20H28As2O/c1-3-5-17-21(19-13-9-7-10-14-19)23-22(18-6-4-2)20-15-11-8-12-16-20/h7-16H,3-6,17-18H2,1-2H3. The molecule has 124 valence electrons. The zero-order valence-corrected chi connectivity index (χ0v) is 18.1. The molecule has 2 atom stereocenters. The number of benzene rings is 2. The number of hydrogen-bond donors (Lipinski definition) is 0. The third-order valence-electron chi connectivity index (χ3n) is 3.71. The Kier molecular flexibility index (Phi) is 9.13. The molecule has 0 aliphatic heterocycles. The summed E-state index contributed by atoms with van der Waals surface area (Å²) in [6.45, 7) is 4.56. The molecule has 0 aromatic heterocycles. The zero-order valence-electron chi connectivity index (χ0n) is 14.3. The van der Waals surface area contributed by atoms with Crippen molar-refractivity contribution < 1.29 is 2.72 Å². The Morgan fingerprint density at radius 2 is 1.04 bits per heavy atom. The average Bonchev–Trinajstić information content (AvgIpc) is 2.62. The number of unbranched alkanes of at least 4 members (excludes halogenated alkanes) is 2. The third-order valence-corrected chi connectivity index (χ3v) is 15.5. The summed E-state index contributed by atoms with van der Waals surface area (Å²) in [5.41, 5.74) is 0. The topological polar surface area (TPSA) is 9.23 Å². The molecule has 2 unspecified atom stereocenters. The second-order valence-electron chi connectivity index (χ2n) is 5.66. The van der Waals surface area contributed by atoms with Gasteiger partial charge in [-0.1, -0.05) is 0 Å². The van der Waals surface area contributed by atoms with Gasteiger partial charge in [-0.25, -0.2) is 0 Å². The molecular weight excluding hydrogens is 406 g/mol. The Bertz CT molecular complexity index is 480. The van der Waals surface area contributed by atoms with E-state index in [-0.39, 0.29) is 0 Å². The van der Waals surface area contributed by atoms with Crippen molar-refractivity contribution in [1.82, 2.24) is 0 Å². The van der Waals surface area contributed by atoms with Crippen LogP contribution in [0, 0.1) is 0 Å². The Balaban J connectivity index is 2.15. The fourth-order valence-corrected chi connectivity index (χ4v) is 15.7. The first-order chi connectivity index (χ1) is 11.3. The van der Waals surface area contributed by atoms with E-state index in [2.05, 4.69) is 74.5 Å². The Labute approximate surface area is 151 Å². The van der Waals surface area contributed by atoms with Crippen molar-refractivity contribution in [2.24, 2.45) is 0 Å². The van der Waals surface area contributed by atoms with Gasteiger partial charge in [-0.2, -0.15) is 0 Å². The molecule has 2 aromatic rings. The van der Waals surface area contributed by atoms with Crippen molar-refractivity contribution in [2.75, 3.05) is 0 Å². The van der Waals surface area contributed by atoms with Gasteiger partial charge in [0.25, 0.3) is 0 Å². The van der Waals surface area contributed by atoms with Gasteiger partial charge >= 0.3 is 152 Å². The van der Waals surface area contributed by atoms with E-state index < -0.39 is 30.0 Å². The molecule has 0 saturated heterocycles. The van der Waals surface area contributed by atoms with Crippen LogP contribution in [0.3, 0.4) is 0 Å². The summed E-state index contributed by atoms with van der Waals surface area (Å²) in [4.78, 5) is 0. The summed E-state index contributed by atoms with van der Waals surface area (Å²) >= 11 is -2.79. The summed E-state index contributed by atoms with van der Waals surface area (Å²) in [6, 6.07) is 22.0. The van der Waals surface area contributed by atoms with Crippen molar-refractivity contribution in [2.45, 2.75) is 49.9 Å². The van der Waals surface area contributed by atoms with Crippen LogP contribution < -0.4 is 8.70 Å². The average molecular weight is 434 g/mol. The van der Waals surface area contributed by atoms with Crippen LogP contribution in [0.1, 0.15) is 39.5 Å². The maximum atomic E-state index is 6.92. The van der Waals surface area contributed by atoms with Crippen LogP contribution in [0.4, 0.5) is 0 Å². The molecule has 23 heavy (non-hydrogen) atoms. The monoisotopic (exact) mass is 434 g/mol. The van der Waals surface area contributed by atoms with E-state index >= 15 is 0 Å². The van der Waals surface area contributed by atoms with Crippen LogP contribution in [0.5, 0.6) is 0 Å². The van der Waals surface area contributed by atoms with E-state index in [4.69, 9.17) is 2.72 Å².